The summed E-state index contributed by atoms with van der Waals surface area (Å²) >= 11 is 5.85. The molecule has 2 aromatic rings. The molecule has 0 aliphatic rings. The van der Waals surface area contributed by atoms with E-state index in [1.54, 1.807) is 30.3 Å². The molecule has 19 heavy (non-hydrogen) atoms. The molecule has 0 unspecified atom stereocenters. The second-order valence-electron chi connectivity index (χ2n) is 3.95. The number of carbonyl (C=O) groups is 1. The van der Waals surface area contributed by atoms with E-state index in [-0.39, 0.29) is 11.8 Å². The molecule has 0 atom stereocenters. The Morgan fingerprint density at radius 2 is 1.95 bits per heavy atom. The van der Waals surface area contributed by atoms with Crippen LogP contribution in [0.4, 0.5) is 10.5 Å². The molecule has 0 aliphatic heterocycles. The number of anilines is 1. The van der Waals surface area contributed by atoms with E-state index in [4.69, 9.17) is 11.6 Å². The van der Waals surface area contributed by atoms with E-state index in [0.717, 1.165) is 5.56 Å². The van der Waals surface area contributed by atoms with Gasteiger partial charge in [-0.25, -0.2) is 4.79 Å². The number of halogens is 1. The molecule has 0 bridgehead atoms. The van der Waals surface area contributed by atoms with Crippen LogP contribution < -0.4 is 10.6 Å². The molecule has 0 aliphatic carbocycles. The molecule has 0 aromatic heterocycles. The van der Waals surface area contributed by atoms with Crippen LogP contribution in [-0.2, 0) is 6.54 Å². The molecule has 0 heterocycles. The average molecular weight is 277 g/mol. The Morgan fingerprint density at radius 1 is 1.16 bits per heavy atom. The molecule has 0 saturated carbocycles. The molecule has 98 valence electrons. The number of hydrogen-bond acceptors (Lipinski definition) is 2. The highest BCUT2D eigenvalue weighted by Gasteiger charge is 2.04. The highest BCUT2D eigenvalue weighted by molar-refractivity contribution is 6.30. The van der Waals surface area contributed by atoms with Gasteiger partial charge in [-0.2, -0.15) is 0 Å². The number of carbonyl (C=O) groups excluding carboxylic acids is 1. The number of urea groups is 1. The summed E-state index contributed by atoms with van der Waals surface area (Å²) in [4.78, 5) is 11.7. The minimum atomic E-state index is -0.388. The largest absolute Gasteiger partial charge is 0.506 e. The summed E-state index contributed by atoms with van der Waals surface area (Å²) in [6.45, 7) is 0.361. The van der Waals surface area contributed by atoms with Gasteiger partial charge in [0.15, 0.2) is 0 Å². The van der Waals surface area contributed by atoms with Crippen molar-refractivity contribution in [3.8, 4) is 5.75 Å². The van der Waals surface area contributed by atoms with Crippen LogP contribution >= 0.6 is 11.6 Å². The van der Waals surface area contributed by atoms with Crippen LogP contribution in [0.5, 0.6) is 5.75 Å². The van der Waals surface area contributed by atoms with Gasteiger partial charge in [0.2, 0.25) is 0 Å². The van der Waals surface area contributed by atoms with Gasteiger partial charge in [-0.15, -0.1) is 0 Å². The third-order valence-corrected chi connectivity index (χ3v) is 2.73. The zero-order valence-electron chi connectivity index (χ0n) is 10.1. The normalized spacial score (nSPS) is 9.95. The van der Waals surface area contributed by atoms with Crippen LogP contribution in [-0.4, -0.2) is 11.1 Å². The lowest BCUT2D eigenvalue weighted by molar-refractivity contribution is 0.251. The predicted octanol–water partition coefficient (Wildman–Crippen LogP) is 3.37. The Labute approximate surface area is 116 Å². The molecule has 2 rings (SSSR count). The Hall–Kier alpha value is -2.20. The molecule has 3 N–H and O–H groups in total. The second-order valence-corrected chi connectivity index (χ2v) is 4.39. The average Bonchev–Trinajstić information content (AvgIpc) is 2.39. The van der Waals surface area contributed by atoms with Crippen molar-refractivity contribution in [1.82, 2.24) is 5.32 Å². The number of phenols is 1. The van der Waals surface area contributed by atoms with Gasteiger partial charge in [0, 0.05) is 11.6 Å². The minimum Gasteiger partial charge on any atom is -0.506 e. The first kappa shape index (κ1) is 13.2. The maximum atomic E-state index is 11.7. The van der Waals surface area contributed by atoms with Crippen LogP contribution in [0.15, 0.2) is 48.5 Å². The Morgan fingerprint density at radius 3 is 2.68 bits per heavy atom. The van der Waals surface area contributed by atoms with Crippen LogP contribution in [0.1, 0.15) is 5.56 Å². The van der Waals surface area contributed by atoms with Gasteiger partial charge in [-0.05, 0) is 29.8 Å². The third-order valence-electron chi connectivity index (χ3n) is 2.49. The SMILES string of the molecule is O=C(NCc1cccc(Cl)c1)Nc1ccccc1O. The molecule has 2 amide bonds. The number of phenolic OH excluding ortho intramolecular Hbond substituents is 1. The summed E-state index contributed by atoms with van der Waals surface area (Å²) in [7, 11) is 0. The van der Waals surface area contributed by atoms with Crippen molar-refractivity contribution >= 4 is 23.3 Å². The zero-order valence-corrected chi connectivity index (χ0v) is 10.8. The standard InChI is InChI=1S/C14H13ClN2O2/c15-11-5-3-4-10(8-11)9-16-14(19)17-12-6-1-2-7-13(12)18/h1-8,18H,9H2,(H2,16,17,19). The van der Waals surface area contributed by atoms with E-state index in [1.807, 2.05) is 12.1 Å². The Kier molecular flexibility index (Phi) is 4.26. The highest BCUT2D eigenvalue weighted by atomic mass is 35.5. The van der Waals surface area contributed by atoms with Gasteiger partial charge in [-0.1, -0.05) is 35.9 Å². The second kappa shape index (κ2) is 6.11. The van der Waals surface area contributed by atoms with E-state index in [0.29, 0.717) is 17.3 Å². The monoisotopic (exact) mass is 276 g/mol. The maximum Gasteiger partial charge on any atom is 0.319 e. The highest BCUT2D eigenvalue weighted by Crippen LogP contribution is 2.21. The number of hydrogen-bond donors (Lipinski definition) is 3. The fourth-order valence-electron chi connectivity index (χ4n) is 1.58. The molecule has 5 heteroatoms. The van der Waals surface area contributed by atoms with Crippen LogP contribution in [0.2, 0.25) is 5.02 Å². The number of amides is 2. The topological polar surface area (TPSA) is 61.4 Å². The molecule has 0 fully saturated rings. The van der Waals surface area contributed by atoms with Gasteiger partial charge >= 0.3 is 6.03 Å². The summed E-state index contributed by atoms with van der Waals surface area (Å²) in [5.41, 5.74) is 1.27. The summed E-state index contributed by atoms with van der Waals surface area (Å²) in [5.74, 6) is 0.0282. The lowest BCUT2D eigenvalue weighted by atomic mass is 10.2. The lowest BCUT2D eigenvalue weighted by Crippen LogP contribution is -2.28. The van der Waals surface area contributed by atoms with Gasteiger partial charge in [0.25, 0.3) is 0 Å². The van der Waals surface area contributed by atoms with Crippen molar-refractivity contribution in [3.63, 3.8) is 0 Å². The van der Waals surface area contributed by atoms with E-state index < -0.39 is 0 Å². The van der Waals surface area contributed by atoms with E-state index in [9.17, 15) is 9.90 Å². The Bertz CT molecular complexity index is 587. The first-order valence-electron chi connectivity index (χ1n) is 5.72. The molecule has 0 radical (unpaired) electrons. The number of benzene rings is 2. The molecule has 2 aromatic carbocycles. The van der Waals surface area contributed by atoms with Crippen LogP contribution in [0.3, 0.4) is 0 Å². The zero-order chi connectivity index (χ0) is 13.7. The number of para-hydroxylation sites is 2. The smallest absolute Gasteiger partial charge is 0.319 e. The van der Waals surface area contributed by atoms with Crippen molar-refractivity contribution in [2.75, 3.05) is 5.32 Å². The number of nitrogens with one attached hydrogen (secondary N) is 2. The summed E-state index contributed by atoms with van der Waals surface area (Å²) < 4.78 is 0. The van der Waals surface area contributed by atoms with Crippen molar-refractivity contribution in [2.24, 2.45) is 0 Å². The fraction of sp³-hybridized carbons (Fsp3) is 0.0714. The first-order chi connectivity index (χ1) is 9.15. The Balaban J connectivity index is 1.90. The molecule has 0 spiro atoms. The number of rotatable bonds is 3. The van der Waals surface area contributed by atoms with E-state index >= 15 is 0 Å². The lowest BCUT2D eigenvalue weighted by Gasteiger charge is -2.09. The maximum absolute atomic E-state index is 11.7. The quantitative estimate of drug-likeness (QED) is 0.753. The van der Waals surface area contributed by atoms with Crippen LogP contribution in [0.25, 0.3) is 0 Å². The predicted molar refractivity (Wildman–Crippen MR) is 75.4 cm³/mol. The summed E-state index contributed by atoms with van der Waals surface area (Å²) in [5, 5.41) is 15.4. The van der Waals surface area contributed by atoms with Gasteiger partial charge in [0.05, 0.1) is 5.69 Å². The van der Waals surface area contributed by atoms with E-state index in [1.165, 1.54) is 6.07 Å². The van der Waals surface area contributed by atoms with Crippen LogP contribution in [0, 0.1) is 0 Å². The van der Waals surface area contributed by atoms with Crippen molar-refractivity contribution in [1.29, 1.82) is 0 Å². The third kappa shape index (κ3) is 3.89. The van der Waals surface area contributed by atoms with Gasteiger partial charge in [0.1, 0.15) is 5.75 Å². The molecular weight excluding hydrogens is 264 g/mol. The number of aromatic hydroxyl groups is 1. The van der Waals surface area contributed by atoms with E-state index in [2.05, 4.69) is 10.6 Å². The molecule has 0 saturated heterocycles. The first-order valence-corrected chi connectivity index (χ1v) is 6.10. The summed E-state index contributed by atoms with van der Waals surface area (Å²) in [6, 6.07) is 13.4. The van der Waals surface area contributed by atoms with Gasteiger partial charge < -0.3 is 15.7 Å². The van der Waals surface area contributed by atoms with Gasteiger partial charge in [-0.3, -0.25) is 0 Å². The minimum absolute atomic E-state index is 0.0282. The fourth-order valence-corrected chi connectivity index (χ4v) is 1.79. The molecule has 4 nitrogen and oxygen atoms in total. The van der Waals surface area contributed by atoms with Crippen molar-refractivity contribution in [3.05, 3.63) is 59.1 Å². The van der Waals surface area contributed by atoms with Crippen molar-refractivity contribution < 1.29 is 9.90 Å². The summed E-state index contributed by atoms with van der Waals surface area (Å²) in [6.07, 6.45) is 0. The molecular formula is C14H13ClN2O2. The van der Waals surface area contributed by atoms with Crippen molar-refractivity contribution in [2.45, 2.75) is 6.54 Å².